The lowest BCUT2D eigenvalue weighted by Gasteiger charge is -2.19. The molecular formula is C13H12ClFO2. The second-order valence-corrected chi connectivity index (χ2v) is 4.76. The second kappa shape index (κ2) is 4.96. The summed E-state index contributed by atoms with van der Waals surface area (Å²) in [6.45, 7) is 0. The molecule has 1 fully saturated rings. The first-order chi connectivity index (χ1) is 8.08. The van der Waals surface area contributed by atoms with Crippen molar-refractivity contribution in [1.82, 2.24) is 0 Å². The molecule has 1 unspecified atom stereocenters. The van der Waals surface area contributed by atoms with E-state index < -0.39 is 5.82 Å². The zero-order valence-electron chi connectivity index (χ0n) is 9.21. The molecule has 4 heteroatoms. The Bertz CT molecular complexity index is 470. The van der Waals surface area contributed by atoms with Crippen LogP contribution in [0.15, 0.2) is 18.2 Å². The van der Waals surface area contributed by atoms with E-state index in [9.17, 15) is 14.0 Å². The van der Waals surface area contributed by atoms with Crippen LogP contribution in [0.1, 0.15) is 36.0 Å². The summed E-state index contributed by atoms with van der Waals surface area (Å²) >= 11 is 5.63. The van der Waals surface area contributed by atoms with E-state index >= 15 is 0 Å². The van der Waals surface area contributed by atoms with Crippen LogP contribution in [0, 0.1) is 11.7 Å². The first-order valence-corrected chi connectivity index (χ1v) is 5.96. The number of Topliss-reactive ketones (excluding diaryl/α,β-unsaturated/α-hetero) is 2. The third kappa shape index (κ3) is 2.72. The maximum Gasteiger partial charge on any atom is 0.169 e. The highest BCUT2D eigenvalue weighted by Gasteiger charge is 2.27. The number of hydrogen-bond donors (Lipinski definition) is 0. The van der Waals surface area contributed by atoms with E-state index in [1.165, 1.54) is 12.1 Å². The summed E-state index contributed by atoms with van der Waals surface area (Å²) in [5.74, 6) is -1.18. The number of ketones is 2. The molecule has 2 nitrogen and oxygen atoms in total. The highest BCUT2D eigenvalue weighted by molar-refractivity contribution is 6.30. The van der Waals surface area contributed by atoms with E-state index in [0.717, 1.165) is 6.07 Å². The van der Waals surface area contributed by atoms with Gasteiger partial charge in [0, 0.05) is 23.8 Å². The summed E-state index contributed by atoms with van der Waals surface area (Å²) in [6, 6.07) is 4.00. The molecule has 17 heavy (non-hydrogen) atoms. The van der Waals surface area contributed by atoms with Gasteiger partial charge in [-0.1, -0.05) is 11.6 Å². The van der Waals surface area contributed by atoms with E-state index in [-0.39, 0.29) is 34.5 Å². The molecule has 0 bridgehead atoms. The number of benzene rings is 1. The lowest BCUT2D eigenvalue weighted by molar-refractivity contribution is -0.121. The van der Waals surface area contributed by atoms with Crippen LogP contribution in [0.3, 0.4) is 0 Å². The number of halogens is 2. The third-order valence-electron chi connectivity index (χ3n) is 3.05. The van der Waals surface area contributed by atoms with Gasteiger partial charge in [-0.15, -0.1) is 0 Å². The van der Waals surface area contributed by atoms with Crippen molar-refractivity contribution in [3.63, 3.8) is 0 Å². The minimum absolute atomic E-state index is 0.0362. The molecule has 1 saturated carbocycles. The molecule has 0 N–H and O–H groups in total. The van der Waals surface area contributed by atoms with Gasteiger partial charge in [0.25, 0.3) is 0 Å². The molecule has 0 aromatic heterocycles. The van der Waals surface area contributed by atoms with Gasteiger partial charge < -0.3 is 0 Å². The summed E-state index contributed by atoms with van der Waals surface area (Å²) in [5, 5.41) is 0.263. The van der Waals surface area contributed by atoms with Crippen molar-refractivity contribution in [2.75, 3.05) is 0 Å². The fraction of sp³-hybridized carbons (Fsp3) is 0.385. The van der Waals surface area contributed by atoms with Crippen LogP contribution in [0.25, 0.3) is 0 Å². The highest BCUT2D eigenvalue weighted by Crippen LogP contribution is 2.26. The lowest BCUT2D eigenvalue weighted by Crippen LogP contribution is -2.23. The number of carbonyl (C=O) groups is 2. The zero-order valence-corrected chi connectivity index (χ0v) is 9.97. The molecule has 0 spiro atoms. The zero-order chi connectivity index (χ0) is 12.4. The Hall–Kier alpha value is -1.22. The number of carbonyl (C=O) groups excluding carboxylic acids is 2. The van der Waals surface area contributed by atoms with Crippen molar-refractivity contribution < 1.29 is 14.0 Å². The maximum atomic E-state index is 13.6. The molecule has 2 rings (SSSR count). The molecular weight excluding hydrogens is 243 g/mol. The van der Waals surface area contributed by atoms with Gasteiger partial charge >= 0.3 is 0 Å². The summed E-state index contributed by atoms with van der Waals surface area (Å²) in [5.41, 5.74) is 0.0362. The minimum atomic E-state index is -0.611. The van der Waals surface area contributed by atoms with Gasteiger partial charge in [-0.3, -0.25) is 9.59 Å². The van der Waals surface area contributed by atoms with Crippen LogP contribution in [0.5, 0.6) is 0 Å². The van der Waals surface area contributed by atoms with E-state index in [4.69, 9.17) is 11.6 Å². The largest absolute Gasteiger partial charge is 0.300 e. The molecule has 1 aliphatic carbocycles. The second-order valence-electron chi connectivity index (χ2n) is 4.32. The molecule has 0 aliphatic heterocycles. The Labute approximate surface area is 104 Å². The number of rotatable bonds is 2. The van der Waals surface area contributed by atoms with Gasteiger partial charge in [0.1, 0.15) is 11.6 Å². The Morgan fingerprint density at radius 3 is 2.82 bits per heavy atom. The topological polar surface area (TPSA) is 34.1 Å². The van der Waals surface area contributed by atoms with Crippen molar-refractivity contribution in [1.29, 1.82) is 0 Å². The molecule has 1 aromatic rings. The van der Waals surface area contributed by atoms with Crippen LogP contribution in [-0.4, -0.2) is 11.6 Å². The Kier molecular flexibility index (Phi) is 3.57. The molecule has 0 amide bonds. The average Bonchev–Trinajstić information content (AvgIpc) is 2.28. The van der Waals surface area contributed by atoms with E-state index in [1.54, 1.807) is 0 Å². The fourth-order valence-electron chi connectivity index (χ4n) is 2.16. The standard InChI is InChI=1S/C13H12ClFO2/c14-9-4-5-11(12(15)7-9)13(17)8-2-1-3-10(16)6-8/h4-5,7-8H,1-3,6H2. The van der Waals surface area contributed by atoms with Gasteiger partial charge in [-0.2, -0.15) is 0 Å². The van der Waals surface area contributed by atoms with Crippen molar-refractivity contribution >= 4 is 23.2 Å². The summed E-state index contributed by atoms with van der Waals surface area (Å²) in [4.78, 5) is 23.3. The van der Waals surface area contributed by atoms with Crippen molar-refractivity contribution in [2.45, 2.75) is 25.7 Å². The van der Waals surface area contributed by atoms with Gasteiger partial charge in [-0.25, -0.2) is 4.39 Å². The van der Waals surface area contributed by atoms with Crippen LogP contribution in [-0.2, 0) is 4.79 Å². The van der Waals surface area contributed by atoms with Crippen LogP contribution < -0.4 is 0 Å². The van der Waals surface area contributed by atoms with Crippen molar-refractivity contribution in [2.24, 2.45) is 5.92 Å². The predicted molar refractivity (Wildman–Crippen MR) is 62.7 cm³/mol. The normalized spacial score (nSPS) is 20.4. The molecule has 1 aromatic carbocycles. The maximum absolute atomic E-state index is 13.6. The monoisotopic (exact) mass is 254 g/mol. The highest BCUT2D eigenvalue weighted by atomic mass is 35.5. The van der Waals surface area contributed by atoms with Gasteiger partial charge in [0.05, 0.1) is 5.56 Å². The predicted octanol–water partition coefficient (Wildman–Crippen LogP) is 3.42. The fourth-order valence-corrected chi connectivity index (χ4v) is 2.32. The third-order valence-corrected chi connectivity index (χ3v) is 3.28. The lowest BCUT2D eigenvalue weighted by atomic mass is 9.83. The minimum Gasteiger partial charge on any atom is -0.300 e. The number of hydrogen-bond acceptors (Lipinski definition) is 2. The molecule has 0 saturated heterocycles. The van der Waals surface area contributed by atoms with E-state index in [1.807, 2.05) is 0 Å². The van der Waals surface area contributed by atoms with E-state index in [2.05, 4.69) is 0 Å². The van der Waals surface area contributed by atoms with Gasteiger partial charge in [0.2, 0.25) is 0 Å². The van der Waals surface area contributed by atoms with E-state index in [0.29, 0.717) is 19.3 Å². The first-order valence-electron chi connectivity index (χ1n) is 5.59. The molecule has 1 aliphatic rings. The van der Waals surface area contributed by atoms with Crippen LogP contribution in [0.2, 0.25) is 5.02 Å². The quantitative estimate of drug-likeness (QED) is 0.758. The van der Waals surface area contributed by atoms with Gasteiger partial charge in [-0.05, 0) is 31.0 Å². The molecule has 90 valence electrons. The van der Waals surface area contributed by atoms with Crippen molar-refractivity contribution in [3.8, 4) is 0 Å². The van der Waals surface area contributed by atoms with Crippen LogP contribution >= 0.6 is 11.6 Å². The van der Waals surface area contributed by atoms with Gasteiger partial charge in [0.15, 0.2) is 5.78 Å². The SMILES string of the molecule is O=C1CCCC(C(=O)c2ccc(Cl)cc2F)C1. The Morgan fingerprint density at radius 2 is 2.18 bits per heavy atom. The molecule has 0 heterocycles. The molecule has 1 atom stereocenters. The smallest absolute Gasteiger partial charge is 0.169 e. The summed E-state index contributed by atoms with van der Waals surface area (Å²) in [6.07, 6.45) is 2.14. The first kappa shape index (κ1) is 12.2. The van der Waals surface area contributed by atoms with Crippen molar-refractivity contribution in [3.05, 3.63) is 34.6 Å². The molecule has 0 radical (unpaired) electrons. The van der Waals surface area contributed by atoms with Crippen LogP contribution in [0.4, 0.5) is 4.39 Å². The average molecular weight is 255 g/mol. The Morgan fingerprint density at radius 1 is 1.41 bits per heavy atom. The summed E-state index contributed by atoms with van der Waals surface area (Å²) in [7, 11) is 0. The summed E-state index contributed by atoms with van der Waals surface area (Å²) < 4.78 is 13.6. The Balaban J connectivity index is 2.21.